The lowest BCUT2D eigenvalue weighted by molar-refractivity contribution is -0.119. The maximum Gasteiger partial charge on any atom is 0.315 e. The molecule has 152 valence electrons. The summed E-state index contributed by atoms with van der Waals surface area (Å²) in [5.41, 5.74) is 0.831. The van der Waals surface area contributed by atoms with Gasteiger partial charge in [0.2, 0.25) is 11.0 Å². The number of benzene rings is 1. The Kier molecular flexibility index (Phi) is 8.66. The molecule has 0 saturated carbocycles. The predicted molar refractivity (Wildman–Crippen MR) is 114 cm³/mol. The molecule has 1 heterocycles. The van der Waals surface area contributed by atoms with Crippen molar-refractivity contribution in [1.29, 1.82) is 0 Å². The maximum atomic E-state index is 12.7. The average molecular weight is 424 g/mol. The molecular weight excluding hydrogens is 398 g/mol. The SMILES string of the molecule is CCCCNC(=O)NC(C(=O)Nc1nnc(-c2cccc(Cl)c2)s1)C(C)CC. The molecule has 7 nitrogen and oxygen atoms in total. The summed E-state index contributed by atoms with van der Waals surface area (Å²) in [6, 6.07) is 6.27. The molecule has 3 N–H and O–H groups in total. The van der Waals surface area contributed by atoms with Gasteiger partial charge in [-0.15, -0.1) is 10.2 Å². The molecule has 0 spiro atoms. The van der Waals surface area contributed by atoms with Crippen molar-refractivity contribution in [1.82, 2.24) is 20.8 Å². The summed E-state index contributed by atoms with van der Waals surface area (Å²) in [4.78, 5) is 24.8. The van der Waals surface area contributed by atoms with E-state index in [0.717, 1.165) is 24.8 Å². The van der Waals surface area contributed by atoms with Gasteiger partial charge < -0.3 is 10.6 Å². The summed E-state index contributed by atoms with van der Waals surface area (Å²) >= 11 is 7.27. The number of anilines is 1. The lowest BCUT2D eigenvalue weighted by atomic mass is 9.98. The second kappa shape index (κ2) is 11.0. The van der Waals surface area contributed by atoms with Gasteiger partial charge in [0, 0.05) is 17.1 Å². The summed E-state index contributed by atoms with van der Waals surface area (Å²) in [6.07, 6.45) is 2.63. The van der Waals surface area contributed by atoms with Gasteiger partial charge in [0.05, 0.1) is 0 Å². The number of aromatic nitrogens is 2. The molecule has 0 fully saturated rings. The van der Waals surface area contributed by atoms with Crippen molar-refractivity contribution in [2.24, 2.45) is 5.92 Å². The Bertz CT molecular complexity index is 798. The van der Waals surface area contributed by atoms with Crippen LogP contribution < -0.4 is 16.0 Å². The fraction of sp³-hybridized carbons (Fsp3) is 0.474. The fourth-order valence-electron chi connectivity index (χ4n) is 2.47. The van der Waals surface area contributed by atoms with Crippen molar-refractivity contribution in [2.75, 3.05) is 11.9 Å². The van der Waals surface area contributed by atoms with Gasteiger partial charge >= 0.3 is 6.03 Å². The van der Waals surface area contributed by atoms with E-state index in [-0.39, 0.29) is 17.9 Å². The summed E-state index contributed by atoms with van der Waals surface area (Å²) < 4.78 is 0. The quantitative estimate of drug-likeness (QED) is 0.523. The predicted octanol–water partition coefficient (Wildman–Crippen LogP) is 4.31. The number of nitrogens with zero attached hydrogens (tertiary/aromatic N) is 2. The lowest BCUT2D eigenvalue weighted by Gasteiger charge is -2.23. The van der Waals surface area contributed by atoms with E-state index < -0.39 is 6.04 Å². The van der Waals surface area contributed by atoms with Gasteiger partial charge in [-0.05, 0) is 24.5 Å². The molecule has 1 aromatic carbocycles. The highest BCUT2D eigenvalue weighted by atomic mass is 35.5. The molecule has 0 bridgehead atoms. The van der Waals surface area contributed by atoms with Crippen LogP contribution in [0.15, 0.2) is 24.3 Å². The molecule has 1 aromatic heterocycles. The first-order valence-electron chi connectivity index (χ1n) is 9.39. The first kappa shape index (κ1) is 22.1. The minimum absolute atomic E-state index is 0.0303. The number of urea groups is 1. The van der Waals surface area contributed by atoms with E-state index in [0.29, 0.717) is 21.7 Å². The zero-order valence-corrected chi connectivity index (χ0v) is 17.9. The van der Waals surface area contributed by atoms with Crippen molar-refractivity contribution < 1.29 is 9.59 Å². The van der Waals surface area contributed by atoms with Gasteiger partial charge in [-0.25, -0.2) is 4.79 Å². The highest BCUT2D eigenvalue weighted by Crippen LogP contribution is 2.28. The van der Waals surface area contributed by atoms with Gasteiger partial charge in [-0.3, -0.25) is 10.1 Å². The number of halogens is 1. The summed E-state index contributed by atoms with van der Waals surface area (Å²) in [5, 5.41) is 18.1. The van der Waals surface area contributed by atoms with Crippen LogP contribution in [-0.4, -0.2) is 34.7 Å². The van der Waals surface area contributed by atoms with Crippen LogP contribution in [0.5, 0.6) is 0 Å². The van der Waals surface area contributed by atoms with Crippen LogP contribution in [0.1, 0.15) is 40.0 Å². The number of amides is 3. The third kappa shape index (κ3) is 6.45. The smallest absolute Gasteiger partial charge is 0.315 e. The molecule has 3 amide bonds. The highest BCUT2D eigenvalue weighted by Gasteiger charge is 2.26. The van der Waals surface area contributed by atoms with Gasteiger partial charge in [-0.2, -0.15) is 0 Å². The summed E-state index contributed by atoms with van der Waals surface area (Å²) in [5.74, 6) is -0.342. The van der Waals surface area contributed by atoms with Crippen LogP contribution in [0, 0.1) is 5.92 Å². The Morgan fingerprint density at radius 1 is 1.25 bits per heavy atom. The monoisotopic (exact) mass is 423 g/mol. The van der Waals surface area contributed by atoms with Gasteiger partial charge in [0.15, 0.2) is 0 Å². The van der Waals surface area contributed by atoms with E-state index in [1.165, 1.54) is 11.3 Å². The molecule has 28 heavy (non-hydrogen) atoms. The van der Waals surface area contributed by atoms with E-state index >= 15 is 0 Å². The van der Waals surface area contributed by atoms with Crippen molar-refractivity contribution in [2.45, 2.75) is 46.1 Å². The number of unbranched alkanes of at least 4 members (excludes halogenated alkanes) is 1. The molecule has 0 aliphatic carbocycles. The Balaban J connectivity index is 2.03. The second-order valence-corrected chi connectivity index (χ2v) is 7.94. The van der Waals surface area contributed by atoms with Crippen molar-refractivity contribution in [3.05, 3.63) is 29.3 Å². The minimum Gasteiger partial charge on any atom is -0.338 e. The van der Waals surface area contributed by atoms with Crippen LogP contribution >= 0.6 is 22.9 Å². The third-order valence-electron chi connectivity index (χ3n) is 4.32. The lowest BCUT2D eigenvalue weighted by Crippen LogP contribution is -2.51. The first-order chi connectivity index (χ1) is 13.4. The standard InChI is InChI=1S/C19H26ClN5O2S/c1-4-6-10-21-18(27)22-15(12(3)5-2)16(26)23-19-25-24-17(28-19)13-8-7-9-14(20)11-13/h7-9,11-12,15H,4-6,10H2,1-3H3,(H2,21,22,27)(H,23,25,26). The third-order valence-corrected chi connectivity index (χ3v) is 5.45. The van der Waals surface area contributed by atoms with Crippen LogP contribution in [-0.2, 0) is 4.79 Å². The topological polar surface area (TPSA) is 96.0 Å². The number of nitrogens with one attached hydrogen (secondary N) is 3. The van der Waals surface area contributed by atoms with E-state index in [1.54, 1.807) is 12.1 Å². The molecule has 2 atom stereocenters. The van der Waals surface area contributed by atoms with Crippen LogP contribution in [0.4, 0.5) is 9.93 Å². The maximum absolute atomic E-state index is 12.7. The molecule has 2 rings (SSSR count). The van der Waals surface area contributed by atoms with E-state index in [9.17, 15) is 9.59 Å². The molecule has 2 unspecified atom stereocenters. The highest BCUT2D eigenvalue weighted by molar-refractivity contribution is 7.18. The zero-order valence-electron chi connectivity index (χ0n) is 16.3. The van der Waals surface area contributed by atoms with Gasteiger partial charge in [0.1, 0.15) is 11.0 Å². The molecule has 9 heteroatoms. The normalized spacial score (nSPS) is 12.9. The summed E-state index contributed by atoms with van der Waals surface area (Å²) in [6.45, 7) is 6.53. The number of hydrogen-bond donors (Lipinski definition) is 3. The van der Waals surface area contributed by atoms with E-state index in [4.69, 9.17) is 11.6 Å². The molecule has 0 aliphatic rings. The van der Waals surface area contributed by atoms with Crippen molar-refractivity contribution in [3.63, 3.8) is 0 Å². The van der Waals surface area contributed by atoms with Crippen molar-refractivity contribution in [3.8, 4) is 10.6 Å². The van der Waals surface area contributed by atoms with E-state index in [1.807, 2.05) is 26.0 Å². The Hall–Kier alpha value is -2.19. The van der Waals surface area contributed by atoms with E-state index in [2.05, 4.69) is 33.1 Å². The number of rotatable bonds is 9. The van der Waals surface area contributed by atoms with Gasteiger partial charge in [-0.1, -0.05) is 68.7 Å². The molecule has 0 aliphatic heterocycles. The van der Waals surface area contributed by atoms with Crippen molar-refractivity contribution >= 4 is 40.0 Å². The van der Waals surface area contributed by atoms with Crippen LogP contribution in [0.25, 0.3) is 10.6 Å². The number of carbonyl (C=O) groups is 2. The Morgan fingerprint density at radius 3 is 2.71 bits per heavy atom. The van der Waals surface area contributed by atoms with Gasteiger partial charge in [0.25, 0.3) is 0 Å². The van der Waals surface area contributed by atoms with Crippen LogP contribution in [0.3, 0.4) is 0 Å². The number of hydrogen-bond acceptors (Lipinski definition) is 5. The fourth-order valence-corrected chi connectivity index (χ4v) is 3.40. The van der Waals surface area contributed by atoms with Crippen LogP contribution in [0.2, 0.25) is 5.02 Å². The zero-order chi connectivity index (χ0) is 20.5. The minimum atomic E-state index is -0.662. The molecule has 2 aromatic rings. The molecule has 0 saturated heterocycles. The number of carbonyl (C=O) groups excluding carboxylic acids is 2. The Labute approximate surface area is 174 Å². The molecular formula is C19H26ClN5O2S. The largest absolute Gasteiger partial charge is 0.338 e. The summed E-state index contributed by atoms with van der Waals surface area (Å²) in [7, 11) is 0. The Morgan fingerprint density at radius 2 is 2.04 bits per heavy atom. The first-order valence-corrected chi connectivity index (χ1v) is 10.6. The molecule has 0 radical (unpaired) electrons. The average Bonchev–Trinajstić information content (AvgIpc) is 3.14. The second-order valence-electron chi connectivity index (χ2n) is 6.53.